The average molecular weight is 315 g/mol. The fourth-order valence-corrected chi connectivity index (χ4v) is 2.62. The maximum Gasteiger partial charge on any atom is 0.389 e. The van der Waals surface area contributed by atoms with Gasteiger partial charge >= 0.3 is 6.18 Å². The van der Waals surface area contributed by atoms with Crippen molar-refractivity contribution >= 4 is 11.6 Å². The van der Waals surface area contributed by atoms with Gasteiger partial charge in [-0.2, -0.15) is 13.2 Å². The number of piperazine rings is 1. The lowest BCUT2D eigenvalue weighted by atomic mass is 10.2. The lowest BCUT2D eigenvalue weighted by Gasteiger charge is -2.36. The van der Waals surface area contributed by atoms with E-state index in [0.717, 1.165) is 17.1 Å². The van der Waals surface area contributed by atoms with Gasteiger partial charge in [-0.3, -0.25) is 9.78 Å². The standard InChI is InChI=1S/C15H20F3N3O/c1-11-9-13(10-12(2)19-11)20-5-7-21(8-6-20)14(22)3-4-15(16,17)18/h9-10H,3-8H2,1-2H3. The number of alkyl halides is 3. The zero-order chi connectivity index (χ0) is 16.3. The highest BCUT2D eigenvalue weighted by molar-refractivity contribution is 5.76. The number of rotatable bonds is 3. The van der Waals surface area contributed by atoms with Crippen molar-refractivity contribution < 1.29 is 18.0 Å². The molecule has 2 heterocycles. The molecule has 0 saturated carbocycles. The third kappa shape index (κ3) is 4.61. The van der Waals surface area contributed by atoms with Gasteiger partial charge in [0.25, 0.3) is 0 Å². The molecule has 0 N–H and O–H groups in total. The first-order valence-electron chi connectivity index (χ1n) is 7.29. The summed E-state index contributed by atoms with van der Waals surface area (Å²) >= 11 is 0. The van der Waals surface area contributed by atoms with Crippen LogP contribution in [0.5, 0.6) is 0 Å². The summed E-state index contributed by atoms with van der Waals surface area (Å²) < 4.78 is 36.5. The van der Waals surface area contributed by atoms with Crippen molar-refractivity contribution in [3.05, 3.63) is 23.5 Å². The highest BCUT2D eigenvalue weighted by atomic mass is 19.4. The molecule has 0 bridgehead atoms. The molecule has 1 aliphatic rings. The Hall–Kier alpha value is -1.79. The first-order valence-corrected chi connectivity index (χ1v) is 7.29. The van der Waals surface area contributed by atoms with Crippen LogP contribution in [0.15, 0.2) is 12.1 Å². The molecule has 0 unspecified atom stereocenters. The van der Waals surface area contributed by atoms with Crippen molar-refractivity contribution in [3.63, 3.8) is 0 Å². The van der Waals surface area contributed by atoms with Gasteiger partial charge in [-0.1, -0.05) is 0 Å². The Morgan fingerprint density at radius 3 is 2.18 bits per heavy atom. The van der Waals surface area contributed by atoms with Gasteiger partial charge in [0, 0.05) is 49.7 Å². The van der Waals surface area contributed by atoms with E-state index in [9.17, 15) is 18.0 Å². The van der Waals surface area contributed by atoms with Crippen LogP contribution in [0.3, 0.4) is 0 Å². The molecule has 0 aliphatic carbocycles. The summed E-state index contributed by atoms with van der Waals surface area (Å²) in [5.74, 6) is -0.418. The Kier molecular flexibility index (Phi) is 4.93. The molecule has 0 aromatic carbocycles. The first-order chi connectivity index (χ1) is 10.2. The molecule has 4 nitrogen and oxygen atoms in total. The van der Waals surface area contributed by atoms with Crippen LogP contribution < -0.4 is 4.90 Å². The van der Waals surface area contributed by atoms with Gasteiger partial charge in [0.2, 0.25) is 5.91 Å². The van der Waals surface area contributed by atoms with Crippen LogP contribution in [-0.2, 0) is 4.79 Å². The third-order valence-electron chi connectivity index (χ3n) is 3.69. The fraction of sp³-hybridized carbons (Fsp3) is 0.600. The second kappa shape index (κ2) is 6.54. The smallest absolute Gasteiger partial charge is 0.368 e. The number of carbonyl (C=O) groups excluding carboxylic acids is 1. The summed E-state index contributed by atoms with van der Waals surface area (Å²) in [6.45, 7) is 6.01. The number of pyridine rings is 1. The van der Waals surface area contributed by atoms with Crippen molar-refractivity contribution in [2.24, 2.45) is 0 Å². The minimum Gasteiger partial charge on any atom is -0.368 e. The predicted octanol–water partition coefficient (Wildman–Crippen LogP) is 2.69. The van der Waals surface area contributed by atoms with Gasteiger partial charge in [0.05, 0.1) is 6.42 Å². The molecule has 1 aliphatic heterocycles. The number of carbonyl (C=O) groups is 1. The maximum atomic E-state index is 12.2. The van der Waals surface area contributed by atoms with E-state index in [4.69, 9.17) is 0 Å². The van der Waals surface area contributed by atoms with Crippen molar-refractivity contribution in [2.75, 3.05) is 31.1 Å². The second-order valence-electron chi connectivity index (χ2n) is 5.59. The molecule has 0 atom stereocenters. The number of halogens is 3. The van der Waals surface area contributed by atoms with Crippen molar-refractivity contribution in [2.45, 2.75) is 32.9 Å². The van der Waals surface area contributed by atoms with E-state index in [2.05, 4.69) is 9.88 Å². The first kappa shape index (κ1) is 16.6. The Bertz CT molecular complexity index is 517. The zero-order valence-electron chi connectivity index (χ0n) is 12.8. The highest BCUT2D eigenvalue weighted by Gasteiger charge is 2.30. The molecule has 7 heteroatoms. The van der Waals surface area contributed by atoms with Crippen LogP contribution in [0.25, 0.3) is 0 Å². The number of amides is 1. The normalized spacial score (nSPS) is 16.0. The van der Waals surface area contributed by atoms with Crippen LogP contribution in [0, 0.1) is 13.8 Å². The van der Waals surface area contributed by atoms with Crippen LogP contribution in [0.1, 0.15) is 24.2 Å². The molecule has 1 aromatic rings. The van der Waals surface area contributed by atoms with Crippen molar-refractivity contribution in [1.82, 2.24) is 9.88 Å². The lowest BCUT2D eigenvalue weighted by Crippen LogP contribution is -2.49. The molecular weight excluding hydrogens is 295 g/mol. The van der Waals surface area contributed by atoms with Gasteiger partial charge < -0.3 is 9.80 Å². The Morgan fingerprint density at radius 2 is 1.68 bits per heavy atom. The fourth-order valence-electron chi connectivity index (χ4n) is 2.62. The second-order valence-corrected chi connectivity index (χ2v) is 5.59. The topological polar surface area (TPSA) is 36.4 Å². The number of anilines is 1. The number of hydrogen-bond donors (Lipinski definition) is 0. The summed E-state index contributed by atoms with van der Waals surface area (Å²) in [5.41, 5.74) is 2.91. The summed E-state index contributed by atoms with van der Waals surface area (Å²) in [6, 6.07) is 3.96. The number of aryl methyl sites for hydroxylation is 2. The van der Waals surface area contributed by atoms with Gasteiger partial charge in [0.15, 0.2) is 0 Å². The maximum absolute atomic E-state index is 12.2. The lowest BCUT2D eigenvalue weighted by molar-refractivity contribution is -0.149. The molecule has 1 saturated heterocycles. The summed E-state index contributed by atoms with van der Waals surface area (Å²) in [5, 5.41) is 0. The van der Waals surface area contributed by atoms with E-state index < -0.39 is 24.9 Å². The molecule has 0 spiro atoms. The summed E-state index contributed by atoms with van der Waals surface area (Å²) in [6.07, 6.45) is -5.78. The van der Waals surface area contributed by atoms with Crippen LogP contribution in [0.4, 0.5) is 18.9 Å². The van der Waals surface area contributed by atoms with Crippen LogP contribution in [-0.4, -0.2) is 48.1 Å². The molecule has 0 radical (unpaired) electrons. The van der Waals surface area contributed by atoms with Gasteiger partial charge in [-0.25, -0.2) is 0 Å². The number of hydrogen-bond acceptors (Lipinski definition) is 3. The molecular formula is C15H20F3N3O. The van der Waals surface area contributed by atoms with Gasteiger partial charge in [0.1, 0.15) is 0 Å². The predicted molar refractivity (Wildman–Crippen MR) is 77.8 cm³/mol. The molecule has 1 amide bonds. The molecule has 122 valence electrons. The molecule has 1 fully saturated rings. The van der Waals surface area contributed by atoms with Crippen molar-refractivity contribution in [1.29, 1.82) is 0 Å². The van der Waals surface area contributed by atoms with E-state index in [0.29, 0.717) is 26.2 Å². The van der Waals surface area contributed by atoms with Gasteiger partial charge in [-0.05, 0) is 26.0 Å². The van der Waals surface area contributed by atoms with Gasteiger partial charge in [-0.15, -0.1) is 0 Å². The highest BCUT2D eigenvalue weighted by Crippen LogP contribution is 2.23. The van der Waals surface area contributed by atoms with E-state index in [1.54, 1.807) is 0 Å². The Morgan fingerprint density at radius 1 is 1.14 bits per heavy atom. The van der Waals surface area contributed by atoms with Crippen LogP contribution in [0.2, 0.25) is 0 Å². The molecule has 2 rings (SSSR count). The number of aromatic nitrogens is 1. The SMILES string of the molecule is Cc1cc(N2CCN(C(=O)CCC(F)(F)F)CC2)cc(C)n1. The number of nitrogens with zero attached hydrogens (tertiary/aromatic N) is 3. The monoisotopic (exact) mass is 315 g/mol. The summed E-state index contributed by atoms with van der Waals surface area (Å²) in [7, 11) is 0. The van der Waals surface area contributed by atoms with E-state index >= 15 is 0 Å². The zero-order valence-corrected chi connectivity index (χ0v) is 12.8. The largest absolute Gasteiger partial charge is 0.389 e. The van der Waals surface area contributed by atoms with E-state index in [-0.39, 0.29) is 0 Å². The Balaban J connectivity index is 1.88. The minimum atomic E-state index is -4.27. The van der Waals surface area contributed by atoms with E-state index in [1.165, 1.54) is 4.90 Å². The quantitative estimate of drug-likeness (QED) is 0.860. The van der Waals surface area contributed by atoms with Crippen molar-refractivity contribution in [3.8, 4) is 0 Å². The minimum absolute atomic E-state index is 0.418. The average Bonchev–Trinajstić information content (AvgIpc) is 2.43. The Labute approximate surface area is 127 Å². The molecule has 22 heavy (non-hydrogen) atoms. The molecule has 1 aromatic heterocycles. The third-order valence-corrected chi connectivity index (χ3v) is 3.69. The van der Waals surface area contributed by atoms with E-state index in [1.807, 2.05) is 26.0 Å². The summed E-state index contributed by atoms with van der Waals surface area (Å²) in [4.78, 5) is 19.8. The van der Waals surface area contributed by atoms with Crippen LogP contribution >= 0.6 is 0 Å².